The Labute approximate surface area is 132 Å². The van der Waals surface area contributed by atoms with Gasteiger partial charge < -0.3 is 0 Å². The van der Waals surface area contributed by atoms with Gasteiger partial charge in [0.25, 0.3) is 10.0 Å². The van der Waals surface area contributed by atoms with E-state index in [0.717, 1.165) is 0 Å². The van der Waals surface area contributed by atoms with Crippen molar-refractivity contribution in [1.82, 2.24) is 4.98 Å². The van der Waals surface area contributed by atoms with Crippen molar-refractivity contribution >= 4 is 59.2 Å². The Hall–Kier alpha value is -0.630. The summed E-state index contributed by atoms with van der Waals surface area (Å²) in [6.07, 6.45) is 2.78. The van der Waals surface area contributed by atoms with Gasteiger partial charge in [0.15, 0.2) is 0 Å². The topological polar surface area (TPSA) is 59.1 Å². The monoisotopic (exact) mass is 424 g/mol. The van der Waals surface area contributed by atoms with Crippen LogP contribution in [0.15, 0.2) is 50.5 Å². The summed E-state index contributed by atoms with van der Waals surface area (Å²) >= 11 is 12.3. The first-order chi connectivity index (χ1) is 8.90. The molecule has 2 rings (SSSR count). The zero-order valence-corrected chi connectivity index (χ0v) is 14.0. The second kappa shape index (κ2) is 5.78. The normalized spacial score (nSPS) is 11.3. The molecule has 0 unspecified atom stereocenters. The van der Waals surface area contributed by atoms with Crippen LogP contribution in [0, 0.1) is 0 Å². The van der Waals surface area contributed by atoms with Crippen molar-refractivity contribution in [2.24, 2.45) is 0 Å². The van der Waals surface area contributed by atoms with Crippen molar-refractivity contribution in [2.45, 2.75) is 4.90 Å². The van der Waals surface area contributed by atoms with Crippen molar-refractivity contribution in [3.8, 4) is 0 Å². The van der Waals surface area contributed by atoms with Crippen LogP contribution in [0.25, 0.3) is 0 Å². The van der Waals surface area contributed by atoms with E-state index in [1.807, 2.05) is 0 Å². The molecule has 0 aliphatic carbocycles. The summed E-state index contributed by atoms with van der Waals surface area (Å²) in [6.45, 7) is 0. The standard InChI is InChI=1S/C11H7Br2ClN2O2S/c12-7-4-8(6-15-5-7)19(17,18)16-10-3-1-2-9(14)11(10)13/h1-6,16H. The number of pyridine rings is 1. The number of sulfonamides is 1. The summed E-state index contributed by atoms with van der Waals surface area (Å²) in [7, 11) is -3.71. The number of anilines is 1. The molecule has 0 amide bonds. The number of nitrogens with zero attached hydrogens (tertiary/aromatic N) is 1. The lowest BCUT2D eigenvalue weighted by Gasteiger charge is -2.10. The summed E-state index contributed by atoms with van der Waals surface area (Å²) < 4.78 is 27.9. The molecule has 0 saturated carbocycles. The number of nitrogens with one attached hydrogen (secondary N) is 1. The lowest BCUT2D eigenvalue weighted by atomic mass is 10.3. The Morgan fingerprint density at radius 1 is 1.21 bits per heavy atom. The van der Waals surface area contributed by atoms with Gasteiger partial charge in [-0.25, -0.2) is 8.42 Å². The SMILES string of the molecule is O=S(=O)(Nc1cccc(Cl)c1Br)c1cncc(Br)c1. The van der Waals surface area contributed by atoms with Crippen molar-refractivity contribution in [3.05, 3.63) is 50.6 Å². The third kappa shape index (κ3) is 3.47. The maximum absolute atomic E-state index is 12.2. The molecular formula is C11H7Br2ClN2O2S. The van der Waals surface area contributed by atoms with Gasteiger partial charge >= 0.3 is 0 Å². The lowest BCUT2D eigenvalue weighted by Crippen LogP contribution is -2.13. The minimum Gasteiger partial charge on any atom is -0.278 e. The Bertz CT molecular complexity index is 722. The van der Waals surface area contributed by atoms with Crippen LogP contribution >= 0.6 is 43.5 Å². The highest BCUT2D eigenvalue weighted by atomic mass is 79.9. The van der Waals surface area contributed by atoms with Crippen LogP contribution < -0.4 is 4.72 Å². The van der Waals surface area contributed by atoms with Crippen LogP contribution in [-0.2, 0) is 10.0 Å². The van der Waals surface area contributed by atoms with Crippen molar-refractivity contribution in [3.63, 3.8) is 0 Å². The summed E-state index contributed by atoms with van der Waals surface area (Å²) in [5.41, 5.74) is 0.368. The van der Waals surface area contributed by atoms with Gasteiger partial charge in [0, 0.05) is 16.9 Å². The first-order valence-electron chi connectivity index (χ1n) is 4.97. The minimum atomic E-state index is -3.71. The van der Waals surface area contributed by atoms with E-state index in [9.17, 15) is 8.42 Å². The molecule has 1 heterocycles. The average Bonchev–Trinajstić information content (AvgIpc) is 2.35. The predicted molar refractivity (Wildman–Crippen MR) is 81.9 cm³/mol. The number of rotatable bonds is 3. The van der Waals surface area contributed by atoms with E-state index in [1.54, 1.807) is 18.2 Å². The zero-order chi connectivity index (χ0) is 14.0. The van der Waals surface area contributed by atoms with Gasteiger partial charge in [0.1, 0.15) is 4.90 Å². The molecular weight excluding hydrogens is 419 g/mol. The van der Waals surface area contributed by atoms with Crippen LogP contribution in [0.5, 0.6) is 0 Å². The highest BCUT2D eigenvalue weighted by Crippen LogP contribution is 2.31. The lowest BCUT2D eigenvalue weighted by molar-refractivity contribution is 0.600. The van der Waals surface area contributed by atoms with Gasteiger partial charge in [-0.3, -0.25) is 9.71 Å². The smallest absolute Gasteiger partial charge is 0.263 e. The number of halogens is 3. The molecule has 0 aliphatic rings. The number of hydrogen-bond donors (Lipinski definition) is 1. The summed E-state index contributed by atoms with van der Waals surface area (Å²) in [4.78, 5) is 3.89. The Balaban J connectivity index is 2.39. The highest BCUT2D eigenvalue weighted by Gasteiger charge is 2.17. The van der Waals surface area contributed by atoms with E-state index in [-0.39, 0.29) is 4.90 Å². The third-order valence-corrected chi connectivity index (χ3v) is 5.35. The molecule has 0 spiro atoms. The van der Waals surface area contributed by atoms with Crippen LogP contribution in [0.3, 0.4) is 0 Å². The van der Waals surface area contributed by atoms with Gasteiger partial charge in [-0.2, -0.15) is 0 Å². The summed E-state index contributed by atoms with van der Waals surface area (Å²) in [5, 5.41) is 0.424. The summed E-state index contributed by atoms with van der Waals surface area (Å²) in [5.74, 6) is 0. The molecule has 0 radical (unpaired) electrons. The third-order valence-electron chi connectivity index (χ3n) is 2.19. The first-order valence-corrected chi connectivity index (χ1v) is 8.42. The van der Waals surface area contributed by atoms with Crippen LogP contribution in [-0.4, -0.2) is 13.4 Å². The average molecular weight is 427 g/mol. The molecule has 0 saturated heterocycles. The van der Waals surface area contributed by atoms with Crippen LogP contribution in [0.4, 0.5) is 5.69 Å². The molecule has 2 aromatic rings. The van der Waals surface area contributed by atoms with Crippen molar-refractivity contribution in [1.29, 1.82) is 0 Å². The Kier molecular flexibility index (Phi) is 4.50. The molecule has 8 heteroatoms. The number of aromatic nitrogens is 1. The fourth-order valence-electron chi connectivity index (χ4n) is 1.33. The quantitative estimate of drug-likeness (QED) is 0.805. The van der Waals surface area contributed by atoms with Gasteiger partial charge in [-0.05, 0) is 50.1 Å². The molecule has 1 aromatic heterocycles. The summed E-state index contributed by atoms with van der Waals surface area (Å²) in [6, 6.07) is 6.39. The van der Waals surface area contributed by atoms with E-state index in [4.69, 9.17) is 11.6 Å². The van der Waals surface area contributed by atoms with E-state index in [0.29, 0.717) is 19.7 Å². The van der Waals surface area contributed by atoms with Crippen LogP contribution in [0.1, 0.15) is 0 Å². The predicted octanol–water partition coefficient (Wildman–Crippen LogP) is 4.06. The van der Waals surface area contributed by atoms with E-state index in [1.165, 1.54) is 18.5 Å². The molecule has 0 fully saturated rings. The van der Waals surface area contributed by atoms with E-state index < -0.39 is 10.0 Å². The van der Waals surface area contributed by atoms with E-state index >= 15 is 0 Å². The van der Waals surface area contributed by atoms with Gasteiger partial charge in [0.05, 0.1) is 15.2 Å². The molecule has 4 nitrogen and oxygen atoms in total. The second-order valence-corrected chi connectivity index (χ2v) is 7.34. The van der Waals surface area contributed by atoms with Crippen molar-refractivity contribution < 1.29 is 8.42 Å². The molecule has 1 aromatic carbocycles. The Morgan fingerprint density at radius 3 is 2.63 bits per heavy atom. The fraction of sp³-hybridized carbons (Fsp3) is 0. The maximum Gasteiger partial charge on any atom is 0.263 e. The fourth-order valence-corrected chi connectivity index (χ4v) is 3.57. The van der Waals surface area contributed by atoms with Crippen LogP contribution in [0.2, 0.25) is 5.02 Å². The van der Waals surface area contributed by atoms with E-state index in [2.05, 4.69) is 41.6 Å². The molecule has 100 valence electrons. The first kappa shape index (κ1) is 14.8. The van der Waals surface area contributed by atoms with Crippen molar-refractivity contribution in [2.75, 3.05) is 4.72 Å². The molecule has 19 heavy (non-hydrogen) atoms. The molecule has 0 aliphatic heterocycles. The number of benzene rings is 1. The molecule has 0 atom stereocenters. The zero-order valence-electron chi connectivity index (χ0n) is 9.27. The van der Waals surface area contributed by atoms with Gasteiger partial charge in [-0.15, -0.1) is 0 Å². The van der Waals surface area contributed by atoms with Gasteiger partial charge in [0.2, 0.25) is 0 Å². The second-order valence-electron chi connectivity index (χ2n) is 3.55. The highest BCUT2D eigenvalue weighted by molar-refractivity contribution is 9.11. The molecule has 1 N–H and O–H groups in total. The van der Waals surface area contributed by atoms with Gasteiger partial charge in [-0.1, -0.05) is 17.7 Å². The molecule has 0 bridgehead atoms. The Morgan fingerprint density at radius 2 is 1.95 bits per heavy atom. The maximum atomic E-state index is 12.2. The minimum absolute atomic E-state index is 0.0637. The largest absolute Gasteiger partial charge is 0.278 e. The number of hydrogen-bond acceptors (Lipinski definition) is 3.